The van der Waals surface area contributed by atoms with Gasteiger partial charge < -0.3 is 15.4 Å². The summed E-state index contributed by atoms with van der Waals surface area (Å²) in [4.78, 5) is 11.2. The summed E-state index contributed by atoms with van der Waals surface area (Å²) >= 11 is 0. The zero-order valence-corrected chi connectivity index (χ0v) is 13.3. The van der Waals surface area contributed by atoms with E-state index in [0.717, 1.165) is 24.8 Å². The number of ether oxygens (including phenoxy) is 1. The number of hydrogen-bond acceptors (Lipinski definition) is 3. The van der Waals surface area contributed by atoms with Crippen molar-refractivity contribution in [3.05, 3.63) is 28.8 Å². The van der Waals surface area contributed by atoms with Crippen LogP contribution in [0.2, 0.25) is 0 Å². The Bertz CT molecular complexity index is 473. The van der Waals surface area contributed by atoms with E-state index >= 15 is 0 Å². The number of amides is 1. The number of carbonyl (C=O) groups is 1. The van der Waals surface area contributed by atoms with E-state index < -0.39 is 0 Å². The van der Waals surface area contributed by atoms with Gasteiger partial charge in [0.1, 0.15) is 5.75 Å². The molecule has 0 aromatic heterocycles. The van der Waals surface area contributed by atoms with Crippen LogP contribution in [0.15, 0.2) is 12.1 Å². The van der Waals surface area contributed by atoms with Crippen molar-refractivity contribution in [3.63, 3.8) is 0 Å². The van der Waals surface area contributed by atoms with E-state index in [1.807, 2.05) is 0 Å². The molecule has 2 N–H and O–H groups in total. The van der Waals surface area contributed by atoms with Crippen LogP contribution < -0.4 is 15.4 Å². The lowest BCUT2D eigenvalue weighted by Crippen LogP contribution is -2.18. The summed E-state index contributed by atoms with van der Waals surface area (Å²) in [5.74, 6) is 1.02. The van der Waals surface area contributed by atoms with Gasteiger partial charge in [-0.05, 0) is 49.8 Å². The van der Waals surface area contributed by atoms with Crippen LogP contribution in [0.3, 0.4) is 0 Å². The summed E-state index contributed by atoms with van der Waals surface area (Å²) in [6.07, 6.45) is 3.87. The molecule has 0 heterocycles. The van der Waals surface area contributed by atoms with Crippen LogP contribution in [0.25, 0.3) is 0 Å². The lowest BCUT2D eigenvalue weighted by molar-refractivity contribution is -0.120. The molecule has 0 radical (unpaired) electrons. The van der Waals surface area contributed by atoms with Gasteiger partial charge in [-0.25, -0.2) is 0 Å². The van der Waals surface area contributed by atoms with E-state index in [1.165, 1.54) is 29.5 Å². The van der Waals surface area contributed by atoms with Crippen molar-refractivity contribution >= 4 is 5.91 Å². The maximum absolute atomic E-state index is 11.2. The fourth-order valence-corrected chi connectivity index (χ4v) is 2.45. The molecule has 1 aliphatic carbocycles. The smallest absolute Gasteiger partial charge is 0.219 e. The Hall–Kier alpha value is -1.55. The Balaban J connectivity index is 1.85. The van der Waals surface area contributed by atoms with Crippen LogP contribution in [-0.4, -0.2) is 25.6 Å². The third-order valence-corrected chi connectivity index (χ3v) is 3.77. The molecule has 4 heteroatoms. The normalized spacial score (nSPS) is 14.0. The summed E-state index contributed by atoms with van der Waals surface area (Å²) in [5.41, 5.74) is 3.65. The molecule has 1 fully saturated rings. The molecule has 2 rings (SSSR count). The maximum atomic E-state index is 11.2. The molecule has 0 aliphatic heterocycles. The largest absolute Gasteiger partial charge is 0.493 e. The molecule has 0 atom stereocenters. The Morgan fingerprint density at radius 1 is 1.29 bits per heavy atom. The third kappa shape index (κ3) is 5.05. The minimum absolute atomic E-state index is 0.0635. The molecular formula is C17H26N2O2. The molecule has 0 unspecified atom stereocenters. The first-order valence-electron chi connectivity index (χ1n) is 7.77. The Kier molecular flexibility index (Phi) is 5.62. The van der Waals surface area contributed by atoms with Gasteiger partial charge in [-0.1, -0.05) is 12.1 Å². The Morgan fingerprint density at radius 2 is 1.95 bits per heavy atom. The first-order chi connectivity index (χ1) is 10.1. The van der Waals surface area contributed by atoms with Crippen molar-refractivity contribution in [3.8, 4) is 5.75 Å². The van der Waals surface area contributed by atoms with Gasteiger partial charge in [-0.15, -0.1) is 0 Å². The molecule has 0 saturated heterocycles. The van der Waals surface area contributed by atoms with E-state index in [-0.39, 0.29) is 5.91 Å². The van der Waals surface area contributed by atoms with E-state index in [2.05, 4.69) is 36.6 Å². The number of aryl methyl sites for hydroxylation is 2. The van der Waals surface area contributed by atoms with Crippen LogP contribution >= 0.6 is 0 Å². The van der Waals surface area contributed by atoms with Gasteiger partial charge in [0.2, 0.25) is 5.91 Å². The zero-order valence-electron chi connectivity index (χ0n) is 13.3. The van der Waals surface area contributed by atoms with Crippen LogP contribution in [0, 0.1) is 13.8 Å². The number of benzene rings is 1. The fourth-order valence-electron chi connectivity index (χ4n) is 2.45. The lowest BCUT2D eigenvalue weighted by Gasteiger charge is -2.14. The average molecular weight is 290 g/mol. The lowest BCUT2D eigenvalue weighted by atomic mass is 10.1. The molecule has 0 spiro atoms. The summed E-state index contributed by atoms with van der Waals surface area (Å²) in [6, 6.07) is 5.11. The minimum Gasteiger partial charge on any atom is -0.493 e. The van der Waals surface area contributed by atoms with Crippen molar-refractivity contribution in [2.45, 2.75) is 52.1 Å². The highest BCUT2D eigenvalue weighted by Gasteiger charge is 2.20. The van der Waals surface area contributed by atoms with Crippen molar-refractivity contribution in [1.29, 1.82) is 0 Å². The quantitative estimate of drug-likeness (QED) is 0.723. The minimum atomic E-state index is 0.0635. The van der Waals surface area contributed by atoms with Gasteiger partial charge in [0.05, 0.1) is 6.61 Å². The molecule has 1 aromatic carbocycles. The molecule has 1 aliphatic rings. The van der Waals surface area contributed by atoms with Gasteiger partial charge in [0.15, 0.2) is 0 Å². The summed E-state index contributed by atoms with van der Waals surface area (Å²) in [6.45, 7) is 5.68. The van der Waals surface area contributed by atoms with Gasteiger partial charge >= 0.3 is 0 Å². The summed E-state index contributed by atoms with van der Waals surface area (Å²) in [5, 5.41) is 6.15. The zero-order chi connectivity index (χ0) is 15.2. The first kappa shape index (κ1) is 15.8. The molecule has 21 heavy (non-hydrogen) atoms. The molecule has 1 aromatic rings. The molecular weight excluding hydrogens is 264 g/mol. The number of carbonyl (C=O) groups excluding carboxylic acids is 1. The number of nitrogens with one attached hydrogen (secondary N) is 2. The predicted octanol–water partition coefficient (Wildman–Crippen LogP) is 2.46. The molecule has 1 amide bonds. The van der Waals surface area contributed by atoms with Crippen LogP contribution in [-0.2, 0) is 11.3 Å². The van der Waals surface area contributed by atoms with E-state index in [1.54, 1.807) is 7.05 Å². The highest BCUT2D eigenvalue weighted by Crippen LogP contribution is 2.26. The molecule has 116 valence electrons. The second-order valence-corrected chi connectivity index (χ2v) is 5.84. The van der Waals surface area contributed by atoms with Crippen molar-refractivity contribution < 1.29 is 9.53 Å². The van der Waals surface area contributed by atoms with E-state index in [4.69, 9.17) is 4.74 Å². The Labute approximate surface area is 127 Å². The number of hydrogen-bond donors (Lipinski definition) is 2. The summed E-state index contributed by atoms with van der Waals surface area (Å²) < 4.78 is 5.85. The van der Waals surface area contributed by atoms with Crippen LogP contribution in [0.5, 0.6) is 5.75 Å². The molecule has 0 bridgehead atoms. The van der Waals surface area contributed by atoms with Crippen LogP contribution in [0.4, 0.5) is 0 Å². The second-order valence-electron chi connectivity index (χ2n) is 5.84. The van der Waals surface area contributed by atoms with E-state index in [9.17, 15) is 4.79 Å². The summed E-state index contributed by atoms with van der Waals surface area (Å²) in [7, 11) is 1.66. The fraction of sp³-hybridized carbons (Fsp3) is 0.588. The van der Waals surface area contributed by atoms with Gasteiger partial charge in [0.25, 0.3) is 0 Å². The third-order valence-electron chi connectivity index (χ3n) is 3.77. The standard InChI is InChI=1S/C17H26N2O2/c1-12-9-14(11-19-15-6-7-15)10-13(2)17(12)21-8-4-5-16(20)18-3/h9-10,15,19H,4-8,11H2,1-3H3,(H,18,20). The highest BCUT2D eigenvalue weighted by molar-refractivity contribution is 5.75. The first-order valence-corrected chi connectivity index (χ1v) is 7.77. The maximum Gasteiger partial charge on any atom is 0.219 e. The topological polar surface area (TPSA) is 50.4 Å². The van der Waals surface area contributed by atoms with Crippen molar-refractivity contribution in [2.75, 3.05) is 13.7 Å². The van der Waals surface area contributed by atoms with Gasteiger partial charge in [0, 0.05) is 26.1 Å². The van der Waals surface area contributed by atoms with Gasteiger partial charge in [-0.2, -0.15) is 0 Å². The second kappa shape index (κ2) is 7.46. The molecule has 4 nitrogen and oxygen atoms in total. The SMILES string of the molecule is CNC(=O)CCCOc1c(C)cc(CNC2CC2)cc1C. The highest BCUT2D eigenvalue weighted by atomic mass is 16.5. The predicted molar refractivity (Wildman–Crippen MR) is 84.6 cm³/mol. The monoisotopic (exact) mass is 290 g/mol. The van der Waals surface area contributed by atoms with E-state index in [0.29, 0.717) is 13.0 Å². The van der Waals surface area contributed by atoms with Crippen molar-refractivity contribution in [2.24, 2.45) is 0 Å². The number of rotatable bonds is 8. The van der Waals surface area contributed by atoms with Crippen molar-refractivity contribution in [1.82, 2.24) is 10.6 Å². The van der Waals surface area contributed by atoms with Crippen LogP contribution in [0.1, 0.15) is 42.4 Å². The Morgan fingerprint density at radius 3 is 2.52 bits per heavy atom. The molecule has 1 saturated carbocycles. The van der Waals surface area contributed by atoms with Gasteiger partial charge in [-0.3, -0.25) is 4.79 Å². The average Bonchev–Trinajstić information content (AvgIpc) is 3.27.